The van der Waals surface area contributed by atoms with Crippen LogP contribution < -0.4 is 20.1 Å². The van der Waals surface area contributed by atoms with E-state index in [0.29, 0.717) is 26.2 Å². The van der Waals surface area contributed by atoms with Crippen molar-refractivity contribution in [2.45, 2.75) is 6.61 Å². The number of imide groups is 1. The molecule has 144 valence electrons. The van der Waals surface area contributed by atoms with Gasteiger partial charge in [0.25, 0.3) is 11.6 Å². The fourth-order valence-electron chi connectivity index (χ4n) is 2.53. The standard InChI is InChI=1S/C18H14IN3O6/c1-27-15-8-11(7-14-17(23)21-18(24)20-14)6-13(19)16(15)28-9-10-3-2-4-12(5-10)22(25)26/h2-8H,9H2,1H3,(H2,20,21,23,24). The van der Waals surface area contributed by atoms with E-state index in [4.69, 9.17) is 9.47 Å². The summed E-state index contributed by atoms with van der Waals surface area (Å²) in [5, 5.41) is 15.4. The first-order valence-corrected chi connectivity index (χ1v) is 9.03. The molecule has 2 aromatic carbocycles. The van der Waals surface area contributed by atoms with Crippen LogP contribution >= 0.6 is 22.6 Å². The van der Waals surface area contributed by atoms with Gasteiger partial charge in [0, 0.05) is 12.1 Å². The number of ether oxygens (including phenoxy) is 2. The van der Waals surface area contributed by atoms with E-state index in [2.05, 4.69) is 33.2 Å². The molecule has 1 fully saturated rings. The molecule has 0 radical (unpaired) electrons. The number of urea groups is 1. The summed E-state index contributed by atoms with van der Waals surface area (Å²) >= 11 is 2.06. The van der Waals surface area contributed by atoms with E-state index in [1.54, 1.807) is 24.3 Å². The number of halogens is 1. The number of hydrogen-bond acceptors (Lipinski definition) is 6. The zero-order valence-electron chi connectivity index (χ0n) is 14.5. The second-order valence-corrected chi connectivity index (χ2v) is 6.88. The number of carbonyl (C=O) groups is 2. The predicted octanol–water partition coefficient (Wildman–Crippen LogP) is 2.97. The third kappa shape index (κ3) is 4.39. The van der Waals surface area contributed by atoms with Crippen molar-refractivity contribution in [3.63, 3.8) is 0 Å². The first kappa shape index (κ1) is 19.6. The molecule has 0 saturated carbocycles. The van der Waals surface area contributed by atoms with Crippen LogP contribution in [-0.2, 0) is 11.4 Å². The molecule has 0 aromatic heterocycles. The minimum absolute atomic E-state index is 0.0124. The van der Waals surface area contributed by atoms with Gasteiger partial charge in [0.15, 0.2) is 11.5 Å². The Balaban J connectivity index is 1.83. The molecule has 1 saturated heterocycles. The normalized spacial score (nSPS) is 14.6. The van der Waals surface area contributed by atoms with Gasteiger partial charge in [-0.05, 0) is 51.9 Å². The molecule has 0 spiro atoms. The Bertz CT molecular complexity index is 1000. The maximum Gasteiger partial charge on any atom is 0.326 e. The molecule has 0 atom stereocenters. The quantitative estimate of drug-likeness (QED) is 0.209. The van der Waals surface area contributed by atoms with Gasteiger partial charge >= 0.3 is 6.03 Å². The Kier molecular flexibility index (Phi) is 5.78. The topological polar surface area (TPSA) is 120 Å². The first-order chi connectivity index (χ1) is 13.4. The molecule has 28 heavy (non-hydrogen) atoms. The fourth-order valence-corrected chi connectivity index (χ4v) is 3.31. The lowest BCUT2D eigenvalue weighted by Gasteiger charge is -2.14. The minimum atomic E-state index is -0.574. The van der Waals surface area contributed by atoms with Gasteiger partial charge in [-0.15, -0.1) is 0 Å². The molecule has 1 aliphatic rings. The molecule has 0 bridgehead atoms. The molecule has 0 unspecified atom stereocenters. The van der Waals surface area contributed by atoms with E-state index in [-0.39, 0.29) is 18.0 Å². The van der Waals surface area contributed by atoms with Crippen LogP contribution in [0.5, 0.6) is 11.5 Å². The van der Waals surface area contributed by atoms with Gasteiger partial charge in [0.2, 0.25) is 0 Å². The van der Waals surface area contributed by atoms with Crippen molar-refractivity contribution < 1.29 is 24.0 Å². The SMILES string of the molecule is COc1cc(C=C2NC(=O)NC2=O)cc(I)c1OCc1cccc([N+](=O)[O-])c1. The molecule has 1 aliphatic heterocycles. The number of nitrogens with one attached hydrogen (secondary N) is 2. The molecule has 9 nitrogen and oxygen atoms in total. The molecule has 2 aromatic rings. The van der Waals surface area contributed by atoms with E-state index in [0.717, 1.165) is 0 Å². The lowest BCUT2D eigenvalue weighted by Crippen LogP contribution is -2.22. The average Bonchev–Trinajstić information content (AvgIpc) is 2.97. The summed E-state index contributed by atoms with van der Waals surface area (Å²) in [6.07, 6.45) is 1.52. The van der Waals surface area contributed by atoms with Gasteiger partial charge in [0.1, 0.15) is 12.3 Å². The average molecular weight is 495 g/mol. The van der Waals surface area contributed by atoms with Crippen LogP contribution in [0.1, 0.15) is 11.1 Å². The Hall–Kier alpha value is -3.15. The zero-order valence-corrected chi connectivity index (χ0v) is 16.7. The smallest absolute Gasteiger partial charge is 0.326 e. The maximum atomic E-state index is 11.7. The fraction of sp³-hybridized carbons (Fsp3) is 0.111. The summed E-state index contributed by atoms with van der Waals surface area (Å²) in [6.45, 7) is 0.118. The monoisotopic (exact) mass is 495 g/mol. The van der Waals surface area contributed by atoms with Gasteiger partial charge in [-0.3, -0.25) is 20.2 Å². The van der Waals surface area contributed by atoms with Crippen LogP contribution in [0.15, 0.2) is 42.1 Å². The number of nitro groups is 1. The number of carbonyl (C=O) groups excluding carboxylic acids is 2. The highest BCUT2D eigenvalue weighted by Crippen LogP contribution is 2.35. The lowest BCUT2D eigenvalue weighted by atomic mass is 10.1. The summed E-state index contributed by atoms with van der Waals surface area (Å²) in [6, 6.07) is 9.02. The number of hydrogen-bond donors (Lipinski definition) is 2. The first-order valence-electron chi connectivity index (χ1n) is 7.95. The largest absolute Gasteiger partial charge is 0.493 e. The third-order valence-corrected chi connectivity index (χ3v) is 4.59. The number of non-ortho nitro benzene ring substituents is 1. The Morgan fingerprint density at radius 2 is 2.00 bits per heavy atom. The number of amides is 3. The molecule has 3 rings (SSSR count). The Morgan fingerprint density at radius 3 is 2.64 bits per heavy atom. The third-order valence-electron chi connectivity index (χ3n) is 3.79. The molecular formula is C18H14IN3O6. The lowest BCUT2D eigenvalue weighted by molar-refractivity contribution is -0.384. The van der Waals surface area contributed by atoms with Gasteiger partial charge in [-0.1, -0.05) is 12.1 Å². The number of rotatable bonds is 6. The molecule has 0 aliphatic carbocycles. The van der Waals surface area contributed by atoms with Gasteiger partial charge in [-0.25, -0.2) is 4.79 Å². The summed E-state index contributed by atoms with van der Waals surface area (Å²) in [4.78, 5) is 33.3. The van der Waals surface area contributed by atoms with E-state index < -0.39 is 16.9 Å². The minimum Gasteiger partial charge on any atom is -0.493 e. The molecular weight excluding hydrogens is 481 g/mol. The van der Waals surface area contributed by atoms with Gasteiger partial charge < -0.3 is 14.8 Å². The highest BCUT2D eigenvalue weighted by Gasteiger charge is 2.23. The second kappa shape index (κ2) is 8.25. The van der Waals surface area contributed by atoms with Crippen LogP contribution in [-0.4, -0.2) is 24.0 Å². The number of methoxy groups -OCH3 is 1. The number of nitrogens with zero attached hydrogens (tertiary/aromatic N) is 1. The van der Waals surface area contributed by atoms with Crippen LogP contribution in [0.2, 0.25) is 0 Å². The number of nitro benzene ring substituents is 1. The van der Waals surface area contributed by atoms with Crippen molar-refractivity contribution in [2.75, 3.05) is 7.11 Å². The number of benzene rings is 2. The Morgan fingerprint density at radius 1 is 1.21 bits per heavy atom. The predicted molar refractivity (Wildman–Crippen MR) is 108 cm³/mol. The molecule has 10 heteroatoms. The van der Waals surface area contributed by atoms with Gasteiger partial charge in [-0.2, -0.15) is 0 Å². The summed E-state index contributed by atoms with van der Waals surface area (Å²) < 4.78 is 11.9. The summed E-state index contributed by atoms with van der Waals surface area (Å²) in [7, 11) is 1.48. The second-order valence-electron chi connectivity index (χ2n) is 5.72. The van der Waals surface area contributed by atoms with E-state index in [9.17, 15) is 19.7 Å². The molecule has 1 heterocycles. The van der Waals surface area contributed by atoms with Gasteiger partial charge in [0.05, 0.1) is 15.6 Å². The van der Waals surface area contributed by atoms with Crippen LogP contribution in [0.3, 0.4) is 0 Å². The van der Waals surface area contributed by atoms with Crippen molar-refractivity contribution >= 4 is 46.3 Å². The van der Waals surface area contributed by atoms with E-state index in [1.807, 2.05) is 0 Å². The van der Waals surface area contributed by atoms with Crippen LogP contribution in [0.25, 0.3) is 6.08 Å². The highest BCUT2D eigenvalue weighted by molar-refractivity contribution is 14.1. The van der Waals surface area contributed by atoms with Crippen molar-refractivity contribution in [3.05, 3.63) is 66.9 Å². The molecule has 3 amide bonds. The van der Waals surface area contributed by atoms with Crippen LogP contribution in [0.4, 0.5) is 10.5 Å². The maximum absolute atomic E-state index is 11.7. The van der Waals surface area contributed by atoms with Crippen molar-refractivity contribution in [2.24, 2.45) is 0 Å². The van der Waals surface area contributed by atoms with Crippen LogP contribution in [0, 0.1) is 13.7 Å². The van der Waals surface area contributed by atoms with Crippen molar-refractivity contribution in [3.8, 4) is 11.5 Å². The highest BCUT2D eigenvalue weighted by atomic mass is 127. The van der Waals surface area contributed by atoms with E-state index >= 15 is 0 Å². The Labute approximate surface area is 173 Å². The van der Waals surface area contributed by atoms with Crippen molar-refractivity contribution in [1.29, 1.82) is 0 Å². The van der Waals surface area contributed by atoms with Crippen molar-refractivity contribution in [1.82, 2.24) is 10.6 Å². The van der Waals surface area contributed by atoms with E-state index in [1.165, 1.54) is 25.3 Å². The summed E-state index contributed by atoms with van der Waals surface area (Å²) in [5.41, 5.74) is 1.40. The molecule has 2 N–H and O–H groups in total. The zero-order chi connectivity index (χ0) is 20.3. The summed E-state index contributed by atoms with van der Waals surface area (Å²) in [5.74, 6) is 0.385.